The van der Waals surface area contributed by atoms with Crippen LogP contribution in [-0.2, 0) is 10.3 Å². The van der Waals surface area contributed by atoms with E-state index in [9.17, 15) is 0 Å². The summed E-state index contributed by atoms with van der Waals surface area (Å²) < 4.78 is 10.7. The molecule has 1 unspecified atom stereocenters. The van der Waals surface area contributed by atoms with Crippen LogP contribution < -0.4 is 4.74 Å². The number of rotatable bonds is 2. The number of ether oxygens (including phenoxy) is 2. The van der Waals surface area contributed by atoms with E-state index in [2.05, 4.69) is 19.9 Å². The first-order valence-corrected chi connectivity index (χ1v) is 4.45. The van der Waals surface area contributed by atoms with E-state index in [1.165, 1.54) is 11.1 Å². The highest BCUT2D eigenvalue weighted by Crippen LogP contribution is 2.41. The fraction of sp³-hybridized carbons (Fsp3) is 0.455. The Labute approximate surface area is 78.5 Å². The number of hydrogen-bond acceptors (Lipinski definition) is 2. The molecule has 0 saturated carbocycles. The average molecular weight is 178 g/mol. The van der Waals surface area contributed by atoms with Crippen molar-refractivity contribution in [2.45, 2.75) is 19.4 Å². The largest absolute Gasteiger partial charge is 0.496 e. The molecule has 70 valence electrons. The molecule has 13 heavy (non-hydrogen) atoms. The Morgan fingerprint density at radius 3 is 2.69 bits per heavy atom. The van der Waals surface area contributed by atoms with Gasteiger partial charge in [-0.2, -0.15) is 0 Å². The SMILES string of the molecule is COc1cccc(C2(C)CO2)c1C. The second kappa shape index (κ2) is 2.74. The second-order valence-corrected chi connectivity index (χ2v) is 3.65. The van der Waals surface area contributed by atoms with Gasteiger partial charge in [0.2, 0.25) is 0 Å². The van der Waals surface area contributed by atoms with Crippen molar-refractivity contribution in [1.29, 1.82) is 0 Å². The van der Waals surface area contributed by atoms with Gasteiger partial charge in [-0.15, -0.1) is 0 Å². The molecule has 1 aliphatic heterocycles. The zero-order valence-corrected chi connectivity index (χ0v) is 8.26. The van der Waals surface area contributed by atoms with Gasteiger partial charge in [0, 0.05) is 0 Å². The van der Waals surface area contributed by atoms with Crippen LogP contribution in [0, 0.1) is 6.92 Å². The lowest BCUT2D eigenvalue weighted by Crippen LogP contribution is -2.05. The fourth-order valence-corrected chi connectivity index (χ4v) is 1.67. The number of benzene rings is 1. The Morgan fingerprint density at radius 1 is 1.46 bits per heavy atom. The smallest absolute Gasteiger partial charge is 0.122 e. The van der Waals surface area contributed by atoms with Crippen LogP contribution in [0.4, 0.5) is 0 Å². The van der Waals surface area contributed by atoms with Crippen LogP contribution in [0.25, 0.3) is 0 Å². The Bertz CT molecular complexity index is 327. The monoisotopic (exact) mass is 178 g/mol. The third-order valence-electron chi connectivity index (χ3n) is 2.65. The summed E-state index contributed by atoms with van der Waals surface area (Å²) in [5.74, 6) is 0.939. The Hall–Kier alpha value is -1.02. The summed E-state index contributed by atoms with van der Waals surface area (Å²) in [6.45, 7) is 5.00. The molecule has 1 aromatic carbocycles. The van der Waals surface area contributed by atoms with Crippen molar-refractivity contribution in [2.75, 3.05) is 13.7 Å². The van der Waals surface area contributed by atoms with Gasteiger partial charge in [0.25, 0.3) is 0 Å². The summed E-state index contributed by atoms with van der Waals surface area (Å²) in [5.41, 5.74) is 2.37. The van der Waals surface area contributed by atoms with E-state index in [1.807, 2.05) is 12.1 Å². The van der Waals surface area contributed by atoms with E-state index < -0.39 is 0 Å². The van der Waals surface area contributed by atoms with Gasteiger partial charge in [-0.25, -0.2) is 0 Å². The molecule has 1 heterocycles. The lowest BCUT2D eigenvalue weighted by molar-refractivity contribution is 0.326. The summed E-state index contributed by atoms with van der Waals surface area (Å²) in [5, 5.41) is 0. The van der Waals surface area contributed by atoms with Crippen LogP contribution in [0.3, 0.4) is 0 Å². The van der Waals surface area contributed by atoms with Crippen molar-refractivity contribution in [2.24, 2.45) is 0 Å². The molecular formula is C11H14O2. The summed E-state index contributed by atoms with van der Waals surface area (Å²) in [4.78, 5) is 0. The van der Waals surface area contributed by atoms with Crippen molar-refractivity contribution in [3.63, 3.8) is 0 Å². The Morgan fingerprint density at radius 2 is 2.15 bits per heavy atom. The molecule has 2 nitrogen and oxygen atoms in total. The van der Waals surface area contributed by atoms with Gasteiger partial charge in [-0.05, 0) is 31.0 Å². The normalized spacial score (nSPS) is 25.8. The van der Waals surface area contributed by atoms with Gasteiger partial charge in [-0.3, -0.25) is 0 Å². The number of methoxy groups -OCH3 is 1. The van der Waals surface area contributed by atoms with Crippen LogP contribution in [-0.4, -0.2) is 13.7 Å². The van der Waals surface area contributed by atoms with Gasteiger partial charge >= 0.3 is 0 Å². The van der Waals surface area contributed by atoms with E-state index in [0.717, 1.165) is 12.4 Å². The van der Waals surface area contributed by atoms with E-state index in [0.29, 0.717) is 0 Å². The summed E-state index contributed by atoms with van der Waals surface area (Å²) in [7, 11) is 1.70. The molecule has 0 spiro atoms. The first-order valence-electron chi connectivity index (χ1n) is 4.45. The molecule has 1 fully saturated rings. The van der Waals surface area contributed by atoms with Gasteiger partial charge in [0.15, 0.2) is 0 Å². The number of epoxide rings is 1. The lowest BCUT2D eigenvalue weighted by atomic mass is 9.96. The van der Waals surface area contributed by atoms with E-state index in [4.69, 9.17) is 9.47 Å². The highest BCUT2D eigenvalue weighted by molar-refractivity contribution is 5.43. The molecule has 1 aromatic rings. The molecule has 0 N–H and O–H groups in total. The molecule has 1 saturated heterocycles. The molecule has 0 aromatic heterocycles. The molecule has 1 aliphatic rings. The Balaban J connectivity index is 2.46. The highest BCUT2D eigenvalue weighted by Gasteiger charge is 2.42. The van der Waals surface area contributed by atoms with Gasteiger partial charge in [-0.1, -0.05) is 12.1 Å². The lowest BCUT2D eigenvalue weighted by Gasteiger charge is -2.12. The highest BCUT2D eigenvalue weighted by atomic mass is 16.6. The van der Waals surface area contributed by atoms with Gasteiger partial charge < -0.3 is 9.47 Å². The summed E-state index contributed by atoms with van der Waals surface area (Å²) in [6, 6.07) is 6.09. The summed E-state index contributed by atoms with van der Waals surface area (Å²) in [6.07, 6.45) is 0. The van der Waals surface area contributed by atoms with Gasteiger partial charge in [0.1, 0.15) is 11.4 Å². The third kappa shape index (κ3) is 1.31. The van der Waals surface area contributed by atoms with Crippen molar-refractivity contribution < 1.29 is 9.47 Å². The van der Waals surface area contributed by atoms with Crippen LogP contribution in [0.2, 0.25) is 0 Å². The van der Waals surface area contributed by atoms with E-state index in [1.54, 1.807) is 7.11 Å². The minimum Gasteiger partial charge on any atom is -0.496 e. The third-order valence-corrected chi connectivity index (χ3v) is 2.65. The molecule has 0 amide bonds. The first-order chi connectivity index (χ1) is 6.17. The molecule has 2 heteroatoms. The van der Waals surface area contributed by atoms with Crippen LogP contribution in [0.5, 0.6) is 5.75 Å². The molecular weight excluding hydrogens is 164 g/mol. The number of hydrogen-bond donors (Lipinski definition) is 0. The summed E-state index contributed by atoms with van der Waals surface area (Å²) >= 11 is 0. The van der Waals surface area contributed by atoms with E-state index >= 15 is 0 Å². The molecule has 0 bridgehead atoms. The maximum Gasteiger partial charge on any atom is 0.122 e. The zero-order valence-electron chi connectivity index (χ0n) is 8.26. The van der Waals surface area contributed by atoms with Crippen LogP contribution in [0.15, 0.2) is 18.2 Å². The maximum atomic E-state index is 5.41. The first kappa shape index (κ1) is 8.57. The predicted octanol–water partition coefficient (Wildman–Crippen LogP) is 2.25. The second-order valence-electron chi connectivity index (χ2n) is 3.65. The Kier molecular flexibility index (Phi) is 1.81. The van der Waals surface area contributed by atoms with Crippen molar-refractivity contribution in [3.8, 4) is 5.75 Å². The van der Waals surface area contributed by atoms with Crippen LogP contribution in [0.1, 0.15) is 18.1 Å². The molecule has 1 atom stereocenters. The fourth-order valence-electron chi connectivity index (χ4n) is 1.67. The quantitative estimate of drug-likeness (QED) is 0.648. The topological polar surface area (TPSA) is 21.8 Å². The van der Waals surface area contributed by atoms with Gasteiger partial charge in [0.05, 0.1) is 13.7 Å². The van der Waals surface area contributed by atoms with Crippen molar-refractivity contribution >= 4 is 0 Å². The minimum absolute atomic E-state index is 0.0569. The maximum absolute atomic E-state index is 5.41. The minimum atomic E-state index is -0.0569. The standard InChI is InChI=1S/C11H14O2/c1-8-9(11(2)7-13-11)5-4-6-10(8)12-3/h4-6H,7H2,1-3H3. The molecule has 0 radical (unpaired) electrons. The van der Waals surface area contributed by atoms with Crippen LogP contribution >= 0.6 is 0 Å². The average Bonchev–Trinajstić information content (AvgIpc) is 2.85. The predicted molar refractivity (Wildman–Crippen MR) is 51.0 cm³/mol. The molecule has 2 rings (SSSR count). The zero-order chi connectivity index (χ0) is 9.47. The van der Waals surface area contributed by atoms with E-state index in [-0.39, 0.29) is 5.60 Å². The molecule has 0 aliphatic carbocycles. The van der Waals surface area contributed by atoms with Crippen molar-refractivity contribution in [3.05, 3.63) is 29.3 Å². The van der Waals surface area contributed by atoms with Crippen molar-refractivity contribution in [1.82, 2.24) is 0 Å².